The molecule has 0 spiro atoms. The van der Waals surface area contributed by atoms with Crippen molar-refractivity contribution in [2.24, 2.45) is 0 Å². The fourth-order valence-corrected chi connectivity index (χ4v) is 4.22. The summed E-state index contributed by atoms with van der Waals surface area (Å²) in [5, 5.41) is 9.37. The lowest BCUT2D eigenvalue weighted by Crippen LogP contribution is -2.40. The third kappa shape index (κ3) is 3.12. The first kappa shape index (κ1) is 17.1. The standard InChI is InChI=1S/C15H16N6O3S/c16-9-11-13(19-15(18)20-14(11)17)10-3-1-2-4-12(10)25(22,23)21-5-7-24-8-6-21/h1-4H,5-8H2,(H4,17,18,19,20). The second-order valence-corrected chi connectivity index (χ2v) is 7.22. The second kappa shape index (κ2) is 6.64. The SMILES string of the molecule is N#Cc1c(N)nc(N)nc1-c1ccccc1S(=O)(=O)N1CCOCC1. The summed E-state index contributed by atoms with van der Waals surface area (Å²) in [5.41, 5.74) is 11.7. The van der Waals surface area contributed by atoms with E-state index in [0.29, 0.717) is 13.2 Å². The van der Waals surface area contributed by atoms with E-state index in [4.69, 9.17) is 16.2 Å². The molecule has 1 aliphatic heterocycles. The van der Waals surface area contributed by atoms with Gasteiger partial charge in [0.15, 0.2) is 0 Å². The van der Waals surface area contributed by atoms with Crippen molar-refractivity contribution in [3.05, 3.63) is 29.8 Å². The molecule has 2 aromatic rings. The lowest BCUT2D eigenvalue weighted by atomic mass is 10.1. The number of morpholine rings is 1. The summed E-state index contributed by atoms with van der Waals surface area (Å²) in [6, 6.07) is 8.21. The number of anilines is 2. The molecule has 4 N–H and O–H groups in total. The van der Waals surface area contributed by atoms with Gasteiger partial charge in [0, 0.05) is 18.7 Å². The monoisotopic (exact) mass is 360 g/mol. The van der Waals surface area contributed by atoms with Gasteiger partial charge in [0.05, 0.1) is 23.8 Å². The molecule has 0 unspecified atom stereocenters. The molecule has 3 rings (SSSR count). The van der Waals surface area contributed by atoms with Gasteiger partial charge in [-0.05, 0) is 6.07 Å². The normalized spacial score (nSPS) is 15.6. The number of nitriles is 1. The van der Waals surface area contributed by atoms with Crippen molar-refractivity contribution in [2.45, 2.75) is 4.90 Å². The quantitative estimate of drug-likeness (QED) is 0.788. The van der Waals surface area contributed by atoms with E-state index < -0.39 is 10.0 Å². The molecule has 10 heteroatoms. The molecule has 1 aromatic carbocycles. The highest BCUT2D eigenvalue weighted by Crippen LogP contribution is 2.32. The summed E-state index contributed by atoms with van der Waals surface area (Å²) in [6.45, 7) is 1.18. The summed E-state index contributed by atoms with van der Waals surface area (Å²) in [5.74, 6) is -0.228. The van der Waals surface area contributed by atoms with E-state index in [9.17, 15) is 13.7 Å². The number of ether oxygens (including phenoxy) is 1. The third-order valence-corrected chi connectivity index (χ3v) is 5.75. The van der Waals surface area contributed by atoms with Gasteiger partial charge in [-0.15, -0.1) is 0 Å². The fourth-order valence-electron chi connectivity index (χ4n) is 2.61. The fraction of sp³-hybridized carbons (Fsp3) is 0.267. The number of hydrogen-bond acceptors (Lipinski definition) is 8. The van der Waals surface area contributed by atoms with E-state index in [2.05, 4.69) is 9.97 Å². The van der Waals surface area contributed by atoms with Crippen LogP contribution in [0.2, 0.25) is 0 Å². The zero-order valence-electron chi connectivity index (χ0n) is 13.2. The Morgan fingerprint density at radius 3 is 2.52 bits per heavy atom. The Balaban J connectivity index is 2.20. The van der Waals surface area contributed by atoms with Crippen molar-refractivity contribution in [3.63, 3.8) is 0 Å². The van der Waals surface area contributed by atoms with Crippen molar-refractivity contribution in [1.82, 2.24) is 14.3 Å². The van der Waals surface area contributed by atoms with Crippen LogP contribution >= 0.6 is 0 Å². The van der Waals surface area contributed by atoms with Gasteiger partial charge in [-0.2, -0.15) is 14.6 Å². The minimum atomic E-state index is -3.79. The first-order valence-electron chi connectivity index (χ1n) is 7.45. The molecule has 130 valence electrons. The number of aromatic nitrogens is 2. The molecule has 1 saturated heterocycles. The first-order valence-corrected chi connectivity index (χ1v) is 8.89. The van der Waals surface area contributed by atoms with Crippen LogP contribution in [-0.2, 0) is 14.8 Å². The molecule has 0 aliphatic carbocycles. The number of hydrogen-bond donors (Lipinski definition) is 2. The summed E-state index contributed by atoms with van der Waals surface area (Å²) in [6.07, 6.45) is 0. The van der Waals surface area contributed by atoms with Gasteiger partial charge in [0.1, 0.15) is 17.5 Å². The Morgan fingerprint density at radius 1 is 1.16 bits per heavy atom. The highest BCUT2D eigenvalue weighted by molar-refractivity contribution is 7.89. The van der Waals surface area contributed by atoms with Crippen LogP contribution in [0, 0.1) is 11.3 Å². The molecule has 0 amide bonds. The Kier molecular flexibility index (Phi) is 4.54. The second-order valence-electron chi connectivity index (χ2n) is 5.32. The Hall–Kier alpha value is -2.74. The lowest BCUT2D eigenvalue weighted by Gasteiger charge is -2.27. The molecule has 0 saturated carbocycles. The van der Waals surface area contributed by atoms with Crippen molar-refractivity contribution < 1.29 is 13.2 Å². The molecule has 1 aliphatic rings. The van der Waals surface area contributed by atoms with Crippen LogP contribution in [0.1, 0.15) is 5.56 Å². The van der Waals surface area contributed by atoms with Crippen LogP contribution in [-0.4, -0.2) is 49.0 Å². The van der Waals surface area contributed by atoms with Gasteiger partial charge in [0.25, 0.3) is 0 Å². The maximum atomic E-state index is 13.0. The van der Waals surface area contributed by atoms with E-state index in [1.807, 2.05) is 6.07 Å². The number of rotatable bonds is 3. The number of nitrogens with two attached hydrogens (primary N) is 2. The molecule has 0 radical (unpaired) electrons. The van der Waals surface area contributed by atoms with Crippen LogP contribution in [0.3, 0.4) is 0 Å². The average Bonchev–Trinajstić information content (AvgIpc) is 2.62. The number of nitrogen functional groups attached to an aromatic ring is 2. The van der Waals surface area contributed by atoms with E-state index in [0.717, 1.165) is 0 Å². The van der Waals surface area contributed by atoms with Crippen molar-refractivity contribution >= 4 is 21.8 Å². The molecule has 2 heterocycles. The molecule has 1 aromatic heterocycles. The zero-order valence-corrected chi connectivity index (χ0v) is 14.0. The number of sulfonamides is 1. The molecule has 0 atom stereocenters. The van der Waals surface area contributed by atoms with Crippen LogP contribution in [0.4, 0.5) is 11.8 Å². The molecule has 0 bridgehead atoms. The molecule has 1 fully saturated rings. The predicted molar refractivity (Wildman–Crippen MR) is 90.6 cm³/mol. The Morgan fingerprint density at radius 2 is 1.84 bits per heavy atom. The Bertz CT molecular complexity index is 948. The highest BCUT2D eigenvalue weighted by atomic mass is 32.2. The van der Waals surface area contributed by atoms with Gasteiger partial charge in [-0.3, -0.25) is 0 Å². The average molecular weight is 360 g/mol. The molecular formula is C15H16N6O3S. The maximum absolute atomic E-state index is 13.0. The topological polar surface area (TPSA) is 148 Å². The molecule has 9 nitrogen and oxygen atoms in total. The van der Waals surface area contributed by atoms with Gasteiger partial charge in [-0.25, -0.2) is 13.4 Å². The van der Waals surface area contributed by atoms with E-state index in [-0.39, 0.29) is 46.6 Å². The first-order chi connectivity index (χ1) is 11.9. The summed E-state index contributed by atoms with van der Waals surface area (Å²) in [7, 11) is -3.79. The predicted octanol–water partition coefficient (Wildman–Crippen LogP) is 0.201. The van der Waals surface area contributed by atoms with Crippen LogP contribution in [0.5, 0.6) is 0 Å². The Labute approximate surface area is 144 Å². The third-order valence-electron chi connectivity index (χ3n) is 3.80. The minimum Gasteiger partial charge on any atom is -0.382 e. The van der Waals surface area contributed by atoms with Gasteiger partial charge < -0.3 is 16.2 Å². The highest BCUT2D eigenvalue weighted by Gasteiger charge is 2.30. The van der Waals surface area contributed by atoms with Crippen molar-refractivity contribution in [2.75, 3.05) is 37.8 Å². The van der Waals surface area contributed by atoms with Gasteiger partial charge in [-0.1, -0.05) is 18.2 Å². The van der Waals surface area contributed by atoms with Crippen molar-refractivity contribution in [1.29, 1.82) is 5.26 Å². The zero-order chi connectivity index (χ0) is 18.0. The van der Waals surface area contributed by atoms with E-state index in [1.165, 1.54) is 10.4 Å². The number of nitrogens with zero attached hydrogens (tertiary/aromatic N) is 4. The van der Waals surface area contributed by atoms with E-state index >= 15 is 0 Å². The van der Waals surface area contributed by atoms with Gasteiger partial charge in [0.2, 0.25) is 16.0 Å². The molecule has 25 heavy (non-hydrogen) atoms. The van der Waals surface area contributed by atoms with Crippen LogP contribution < -0.4 is 11.5 Å². The minimum absolute atomic E-state index is 0.0150. The summed E-state index contributed by atoms with van der Waals surface area (Å²) in [4.78, 5) is 7.84. The smallest absolute Gasteiger partial charge is 0.243 e. The van der Waals surface area contributed by atoms with Crippen molar-refractivity contribution in [3.8, 4) is 17.3 Å². The van der Waals surface area contributed by atoms with Crippen LogP contribution in [0.15, 0.2) is 29.2 Å². The molecular weight excluding hydrogens is 344 g/mol. The largest absolute Gasteiger partial charge is 0.382 e. The lowest BCUT2D eigenvalue weighted by molar-refractivity contribution is 0.0730. The van der Waals surface area contributed by atoms with Gasteiger partial charge >= 0.3 is 0 Å². The summed E-state index contributed by atoms with van der Waals surface area (Å²) >= 11 is 0. The maximum Gasteiger partial charge on any atom is 0.243 e. The summed E-state index contributed by atoms with van der Waals surface area (Å²) < 4.78 is 32.6. The van der Waals surface area contributed by atoms with Crippen LogP contribution in [0.25, 0.3) is 11.3 Å². The number of benzene rings is 1. The van der Waals surface area contributed by atoms with E-state index in [1.54, 1.807) is 18.2 Å².